The summed E-state index contributed by atoms with van der Waals surface area (Å²) in [4.78, 5) is 12.5. The van der Waals surface area contributed by atoms with E-state index in [1.165, 1.54) is 44.3 Å². The van der Waals surface area contributed by atoms with Crippen LogP contribution in [0.4, 0.5) is 0 Å². The number of esters is 1. The summed E-state index contributed by atoms with van der Waals surface area (Å²) >= 11 is 0. The normalized spacial score (nSPS) is 15.9. The monoisotopic (exact) mass is 410 g/mol. The smallest absolute Gasteiger partial charge is 0.341 e. The number of hydrogen-bond acceptors (Lipinski definition) is 3. The van der Waals surface area contributed by atoms with Crippen LogP contribution in [0.15, 0.2) is 48.5 Å². The summed E-state index contributed by atoms with van der Waals surface area (Å²) in [6, 6.07) is 16.5. The molecule has 0 aliphatic carbocycles. The van der Waals surface area contributed by atoms with Gasteiger partial charge in [-0.2, -0.15) is 0 Å². The summed E-state index contributed by atoms with van der Waals surface area (Å²) in [5, 5.41) is 0. The van der Waals surface area contributed by atoms with E-state index in [0.29, 0.717) is 24.5 Å². The second-order valence-corrected chi connectivity index (χ2v) is 8.51. The Morgan fingerprint density at radius 3 is 2.37 bits per heavy atom. The number of carbonyl (C=O) groups is 1. The van der Waals surface area contributed by atoms with Crippen molar-refractivity contribution in [1.82, 2.24) is 0 Å². The minimum Gasteiger partial charge on any atom is -0.487 e. The highest BCUT2D eigenvalue weighted by molar-refractivity contribution is 5.93. The fourth-order valence-corrected chi connectivity index (χ4v) is 4.41. The Bertz CT molecular complexity index is 795. The zero-order valence-electron chi connectivity index (χ0n) is 18.6. The van der Waals surface area contributed by atoms with E-state index in [-0.39, 0.29) is 5.97 Å². The first-order valence-corrected chi connectivity index (χ1v) is 11.4. The number of para-hydroxylation sites is 1. The van der Waals surface area contributed by atoms with Crippen LogP contribution >= 0.6 is 0 Å². The van der Waals surface area contributed by atoms with Crippen LogP contribution in [0.5, 0.6) is 5.75 Å². The number of ether oxygens (including phenoxy) is 2. The number of aryl methyl sites for hydroxylation is 1. The van der Waals surface area contributed by atoms with Gasteiger partial charge in [-0.3, -0.25) is 0 Å². The van der Waals surface area contributed by atoms with Crippen LogP contribution in [-0.2, 0) is 11.3 Å². The van der Waals surface area contributed by atoms with Crippen molar-refractivity contribution in [3.8, 4) is 5.75 Å². The third kappa shape index (κ3) is 6.09. The van der Waals surface area contributed by atoms with E-state index in [1.54, 1.807) is 6.07 Å². The molecule has 0 atom stereocenters. The Morgan fingerprint density at radius 2 is 1.67 bits per heavy atom. The molecule has 0 N–H and O–H groups in total. The van der Waals surface area contributed by atoms with E-state index in [0.717, 1.165) is 29.6 Å². The van der Waals surface area contributed by atoms with Crippen LogP contribution in [0, 0.1) is 6.92 Å². The van der Waals surface area contributed by atoms with Gasteiger partial charge in [0.05, 0.1) is 19.7 Å². The van der Waals surface area contributed by atoms with E-state index < -0.39 is 0 Å². The molecule has 162 valence electrons. The molecule has 1 aliphatic heterocycles. The second kappa shape index (κ2) is 11.2. The highest BCUT2D eigenvalue weighted by Gasteiger charge is 2.29. The lowest BCUT2D eigenvalue weighted by Crippen LogP contribution is -2.50. The van der Waals surface area contributed by atoms with Crippen molar-refractivity contribution >= 4 is 5.97 Å². The largest absolute Gasteiger partial charge is 0.487 e. The molecule has 1 heterocycles. The first-order chi connectivity index (χ1) is 14.6. The maximum atomic E-state index is 12.5. The number of likely N-dealkylation sites (tertiary alicyclic amines) is 1. The Morgan fingerprint density at radius 1 is 0.933 bits per heavy atom. The van der Waals surface area contributed by atoms with Crippen molar-refractivity contribution in [2.75, 3.05) is 32.8 Å². The third-order valence-electron chi connectivity index (χ3n) is 6.06. The Labute approximate surface area is 181 Å². The number of rotatable bonds is 9. The van der Waals surface area contributed by atoms with Gasteiger partial charge in [-0.1, -0.05) is 49.4 Å². The summed E-state index contributed by atoms with van der Waals surface area (Å²) in [6.07, 6.45) is 5.99. The van der Waals surface area contributed by atoms with Gasteiger partial charge in [0.25, 0.3) is 0 Å². The van der Waals surface area contributed by atoms with E-state index in [9.17, 15) is 4.79 Å². The molecule has 3 rings (SSSR count). The quantitative estimate of drug-likeness (QED) is 0.403. The molecule has 0 aromatic heterocycles. The molecule has 1 fully saturated rings. The summed E-state index contributed by atoms with van der Waals surface area (Å²) < 4.78 is 12.7. The van der Waals surface area contributed by atoms with Gasteiger partial charge in [0.1, 0.15) is 31.0 Å². The SMILES string of the molecule is CCCOC(=O)c1cccc(C)c1OCC[N+]1(Cc2ccccc2)CCCCCC1. The fourth-order valence-electron chi connectivity index (χ4n) is 4.41. The molecule has 1 saturated heterocycles. The van der Waals surface area contributed by atoms with Crippen molar-refractivity contribution in [2.24, 2.45) is 0 Å². The van der Waals surface area contributed by atoms with Crippen LogP contribution in [0.3, 0.4) is 0 Å². The van der Waals surface area contributed by atoms with E-state index in [2.05, 4.69) is 30.3 Å². The maximum absolute atomic E-state index is 12.5. The van der Waals surface area contributed by atoms with E-state index in [4.69, 9.17) is 9.47 Å². The first kappa shape index (κ1) is 22.4. The lowest BCUT2D eigenvalue weighted by atomic mass is 10.1. The molecule has 0 saturated carbocycles. The van der Waals surface area contributed by atoms with Crippen molar-refractivity contribution in [3.63, 3.8) is 0 Å². The maximum Gasteiger partial charge on any atom is 0.341 e. The number of hydrogen-bond donors (Lipinski definition) is 0. The standard InChI is InChI=1S/C26H36NO3/c1-3-19-30-26(28)24-15-11-12-22(2)25(24)29-20-18-27(16-9-4-5-10-17-27)21-23-13-7-6-8-14-23/h6-8,11-15H,3-5,9-10,16-21H2,1-2H3/q+1. The Kier molecular flexibility index (Phi) is 8.32. The van der Waals surface area contributed by atoms with E-state index in [1.807, 2.05) is 26.0 Å². The van der Waals surface area contributed by atoms with Gasteiger partial charge in [0.15, 0.2) is 0 Å². The molecular formula is C26H36NO3+. The second-order valence-electron chi connectivity index (χ2n) is 8.51. The molecule has 2 aromatic carbocycles. The van der Waals surface area contributed by atoms with Gasteiger partial charge in [-0.05, 0) is 50.7 Å². The number of nitrogens with zero attached hydrogens (tertiary/aromatic N) is 1. The van der Waals surface area contributed by atoms with Crippen LogP contribution < -0.4 is 4.74 Å². The molecule has 30 heavy (non-hydrogen) atoms. The van der Waals surface area contributed by atoms with E-state index >= 15 is 0 Å². The number of carbonyl (C=O) groups excluding carboxylic acids is 1. The summed E-state index contributed by atoms with van der Waals surface area (Å²) in [6.45, 7) is 9.41. The fraction of sp³-hybridized carbons (Fsp3) is 0.500. The number of quaternary nitrogens is 1. The van der Waals surface area contributed by atoms with Crippen LogP contribution in [-0.4, -0.2) is 43.3 Å². The summed E-state index contributed by atoms with van der Waals surface area (Å²) in [5.41, 5.74) is 2.90. The van der Waals surface area contributed by atoms with Gasteiger partial charge in [0.2, 0.25) is 0 Å². The van der Waals surface area contributed by atoms with Gasteiger partial charge < -0.3 is 14.0 Å². The molecular weight excluding hydrogens is 374 g/mol. The van der Waals surface area contributed by atoms with Gasteiger partial charge in [-0.15, -0.1) is 0 Å². The lowest BCUT2D eigenvalue weighted by molar-refractivity contribution is -0.940. The molecule has 4 heteroatoms. The predicted octanol–water partition coefficient (Wildman–Crippen LogP) is 5.53. The van der Waals surface area contributed by atoms with Crippen molar-refractivity contribution < 1.29 is 18.8 Å². The van der Waals surface area contributed by atoms with Gasteiger partial charge >= 0.3 is 5.97 Å². The van der Waals surface area contributed by atoms with Crippen LogP contribution in [0.1, 0.15) is 60.5 Å². The molecule has 0 bridgehead atoms. The van der Waals surface area contributed by atoms with Crippen molar-refractivity contribution in [2.45, 2.75) is 52.5 Å². The average molecular weight is 411 g/mol. The summed E-state index contributed by atoms with van der Waals surface area (Å²) in [7, 11) is 0. The third-order valence-corrected chi connectivity index (χ3v) is 6.06. The van der Waals surface area contributed by atoms with Gasteiger partial charge in [-0.25, -0.2) is 4.79 Å². The van der Waals surface area contributed by atoms with Crippen LogP contribution in [0.25, 0.3) is 0 Å². The molecule has 0 radical (unpaired) electrons. The topological polar surface area (TPSA) is 35.5 Å². The Balaban J connectivity index is 1.71. The van der Waals surface area contributed by atoms with Gasteiger partial charge in [0, 0.05) is 5.56 Å². The zero-order valence-corrected chi connectivity index (χ0v) is 18.6. The zero-order chi connectivity index (χ0) is 21.2. The molecule has 0 amide bonds. The Hall–Kier alpha value is -2.33. The molecule has 4 nitrogen and oxygen atoms in total. The average Bonchev–Trinajstić information content (AvgIpc) is 2.99. The molecule has 2 aromatic rings. The molecule has 1 aliphatic rings. The molecule has 0 unspecified atom stereocenters. The summed E-state index contributed by atoms with van der Waals surface area (Å²) in [5.74, 6) is 0.379. The predicted molar refractivity (Wildman–Crippen MR) is 121 cm³/mol. The minimum atomic E-state index is -0.293. The minimum absolute atomic E-state index is 0.293. The van der Waals surface area contributed by atoms with Crippen molar-refractivity contribution in [1.29, 1.82) is 0 Å². The lowest BCUT2D eigenvalue weighted by Gasteiger charge is -2.38. The first-order valence-electron chi connectivity index (χ1n) is 11.4. The number of benzene rings is 2. The highest BCUT2D eigenvalue weighted by atomic mass is 16.5. The molecule has 0 spiro atoms. The van der Waals surface area contributed by atoms with Crippen LogP contribution in [0.2, 0.25) is 0 Å². The highest BCUT2D eigenvalue weighted by Crippen LogP contribution is 2.26. The van der Waals surface area contributed by atoms with Crippen molar-refractivity contribution in [3.05, 3.63) is 65.2 Å².